The van der Waals surface area contributed by atoms with E-state index in [1.54, 1.807) is 12.3 Å². The molecule has 0 radical (unpaired) electrons. The van der Waals surface area contributed by atoms with E-state index < -0.39 is 0 Å². The van der Waals surface area contributed by atoms with Crippen molar-refractivity contribution in [2.75, 3.05) is 5.88 Å². The predicted molar refractivity (Wildman–Crippen MR) is 55.5 cm³/mol. The number of nitrogens with one attached hydrogen (secondary N) is 2. The van der Waals surface area contributed by atoms with Crippen molar-refractivity contribution in [3.63, 3.8) is 0 Å². The maximum Gasteiger partial charge on any atom is 0.269 e. The van der Waals surface area contributed by atoms with Gasteiger partial charge in [0.1, 0.15) is 5.69 Å². The molecular formula is C9H14ClN3O. The van der Waals surface area contributed by atoms with E-state index >= 15 is 0 Å². The first-order valence-electron chi connectivity index (χ1n) is 4.49. The van der Waals surface area contributed by atoms with E-state index in [0.717, 1.165) is 6.42 Å². The quantitative estimate of drug-likeness (QED) is 0.749. The maximum absolute atomic E-state index is 11.6. The summed E-state index contributed by atoms with van der Waals surface area (Å²) < 4.78 is 0. The average molecular weight is 216 g/mol. The third-order valence-corrected chi connectivity index (χ3v) is 2.83. The molecule has 1 amide bonds. The lowest BCUT2D eigenvalue weighted by molar-refractivity contribution is 0.0907. The molecule has 0 aliphatic heterocycles. The van der Waals surface area contributed by atoms with Crippen molar-refractivity contribution in [1.82, 2.24) is 15.5 Å². The topological polar surface area (TPSA) is 57.8 Å². The minimum Gasteiger partial charge on any atom is -0.344 e. The molecule has 0 aliphatic carbocycles. The third kappa shape index (κ3) is 2.48. The number of rotatable bonds is 4. The molecule has 0 saturated heterocycles. The van der Waals surface area contributed by atoms with Crippen molar-refractivity contribution in [2.24, 2.45) is 0 Å². The summed E-state index contributed by atoms with van der Waals surface area (Å²) in [7, 11) is 0. The van der Waals surface area contributed by atoms with Gasteiger partial charge in [0.25, 0.3) is 5.91 Å². The molecule has 0 aliphatic rings. The van der Waals surface area contributed by atoms with Crippen LogP contribution in [0.4, 0.5) is 0 Å². The monoisotopic (exact) mass is 215 g/mol. The van der Waals surface area contributed by atoms with E-state index in [2.05, 4.69) is 15.5 Å². The second-order valence-electron chi connectivity index (χ2n) is 3.47. The fraction of sp³-hybridized carbons (Fsp3) is 0.556. The largest absolute Gasteiger partial charge is 0.344 e. The molecule has 0 bridgehead atoms. The van der Waals surface area contributed by atoms with Gasteiger partial charge in [-0.1, -0.05) is 6.92 Å². The van der Waals surface area contributed by atoms with Crippen LogP contribution in [0.1, 0.15) is 30.8 Å². The molecule has 78 valence electrons. The summed E-state index contributed by atoms with van der Waals surface area (Å²) in [5.41, 5.74) is 0.0961. The Morgan fingerprint density at radius 3 is 2.93 bits per heavy atom. The number of halogens is 1. The number of alkyl halides is 1. The van der Waals surface area contributed by atoms with Crippen LogP contribution in [-0.2, 0) is 0 Å². The lowest BCUT2D eigenvalue weighted by Gasteiger charge is -2.26. The van der Waals surface area contributed by atoms with Gasteiger partial charge in [0.05, 0.1) is 5.54 Å². The number of carbonyl (C=O) groups excluding carboxylic acids is 1. The number of aromatic nitrogens is 2. The van der Waals surface area contributed by atoms with Crippen LogP contribution in [0.15, 0.2) is 12.3 Å². The van der Waals surface area contributed by atoms with Crippen molar-refractivity contribution in [1.29, 1.82) is 0 Å². The van der Waals surface area contributed by atoms with Gasteiger partial charge in [-0.3, -0.25) is 9.89 Å². The van der Waals surface area contributed by atoms with Gasteiger partial charge in [0.2, 0.25) is 0 Å². The second kappa shape index (κ2) is 4.46. The molecule has 0 saturated carbocycles. The Balaban J connectivity index is 2.65. The molecule has 0 fully saturated rings. The molecular weight excluding hydrogens is 202 g/mol. The highest BCUT2D eigenvalue weighted by Gasteiger charge is 2.23. The summed E-state index contributed by atoms with van der Waals surface area (Å²) in [5, 5.41) is 9.16. The highest BCUT2D eigenvalue weighted by Crippen LogP contribution is 2.11. The Morgan fingerprint density at radius 1 is 1.79 bits per heavy atom. The van der Waals surface area contributed by atoms with Crippen molar-refractivity contribution in [3.8, 4) is 0 Å². The molecule has 1 heterocycles. The SMILES string of the molecule is CCC(C)(CCl)NC(=O)c1ccn[nH]1. The highest BCUT2D eigenvalue weighted by atomic mass is 35.5. The number of amides is 1. The Kier molecular flexibility index (Phi) is 3.52. The van der Waals surface area contributed by atoms with Crippen LogP contribution in [0.3, 0.4) is 0 Å². The predicted octanol–water partition coefficient (Wildman–Crippen LogP) is 1.55. The number of hydrogen-bond acceptors (Lipinski definition) is 2. The molecule has 5 heteroatoms. The van der Waals surface area contributed by atoms with E-state index in [-0.39, 0.29) is 11.4 Å². The summed E-state index contributed by atoms with van der Waals surface area (Å²) in [6.07, 6.45) is 2.33. The Bertz CT molecular complexity index is 293. The molecule has 0 aromatic carbocycles. The zero-order chi connectivity index (χ0) is 10.6. The number of H-pyrrole nitrogens is 1. The molecule has 1 aromatic heterocycles. The van der Waals surface area contributed by atoms with E-state index in [9.17, 15) is 4.79 Å². The molecule has 0 spiro atoms. The van der Waals surface area contributed by atoms with Crippen LogP contribution in [0.25, 0.3) is 0 Å². The van der Waals surface area contributed by atoms with Gasteiger partial charge in [-0.05, 0) is 19.4 Å². The van der Waals surface area contributed by atoms with Gasteiger partial charge < -0.3 is 5.32 Å². The zero-order valence-electron chi connectivity index (χ0n) is 8.30. The fourth-order valence-corrected chi connectivity index (χ4v) is 1.20. The molecule has 14 heavy (non-hydrogen) atoms. The van der Waals surface area contributed by atoms with Crippen LogP contribution in [0, 0.1) is 0 Å². The second-order valence-corrected chi connectivity index (χ2v) is 3.74. The zero-order valence-corrected chi connectivity index (χ0v) is 9.06. The smallest absolute Gasteiger partial charge is 0.269 e. The van der Waals surface area contributed by atoms with Crippen molar-refractivity contribution < 1.29 is 4.79 Å². The lowest BCUT2D eigenvalue weighted by Crippen LogP contribution is -2.47. The van der Waals surface area contributed by atoms with E-state index in [1.807, 2.05) is 13.8 Å². The number of nitrogens with zero attached hydrogens (tertiary/aromatic N) is 1. The summed E-state index contributed by atoms with van der Waals surface area (Å²) >= 11 is 5.77. The van der Waals surface area contributed by atoms with Crippen molar-refractivity contribution in [3.05, 3.63) is 18.0 Å². The molecule has 1 rings (SSSR count). The molecule has 2 N–H and O–H groups in total. The third-order valence-electron chi connectivity index (χ3n) is 2.24. The summed E-state index contributed by atoms with van der Waals surface area (Å²) in [6, 6.07) is 1.62. The first-order valence-corrected chi connectivity index (χ1v) is 5.02. The van der Waals surface area contributed by atoms with E-state index in [0.29, 0.717) is 11.6 Å². The molecule has 1 aromatic rings. The van der Waals surface area contributed by atoms with Crippen LogP contribution < -0.4 is 5.32 Å². The standard InChI is InChI=1S/C9H14ClN3O/c1-3-9(2,6-10)12-8(14)7-4-5-11-13-7/h4-5H,3,6H2,1-2H3,(H,11,13)(H,12,14). The van der Waals surface area contributed by atoms with Crippen LogP contribution in [0.5, 0.6) is 0 Å². The van der Waals surface area contributed by atoms with Gasteiger partial charge in [-0.25, -0.2) is 0 Å². The van der Waals surface area contributed by atoms with Crippen LogP contribution in [0.2, 0.25) is 0 Å². The van der Waals surface area contributed by atoms with Gasteiger partial charge >= 0.3 is 0 Å². The number of aromatic amines is 1. The number of hydrogen-bond donors (Lipinski definition) is 2. The highest BCUT2D eigenvalue weighted by molar-refractivity contribution is 6.18. The normalized spacial score (nSPS) is 14.8. The van der Waals surface area contributed by atoms with Gasteiger partial charge in [-0.2, -0.15) is 5.10 Å². The minimum atomic E-state index is -0.357. The first-order chi connectivity index (χ1) is 6.61. The van der Waals surface area contributed by atoms with Crippen molar-refractivity contribution in [2.45, 2.75) is 25.8 Å². The summed E-state index contributed by atoms with van der Waals surface area (Å²) in [4.78, 5) is 11.6. The summed E-state index contributed by atoms with van der Waals surface area (Å²) in [5.74, 6) is 0.219. The van der Waals surface area contributed by atoms with Crippen LogP contribution >= 0.6 is 11.6 Å². The maximum atomic E-state index is 11.6. The average Bonchev–Trinajstić information content (AvgIpc) is 2.70. The summed E-state index contributed by atoms with van der Waals surface area (Å²) in [6.45, 7) is 3.89. The fourth-order valence-electron chi connectivity index (χ4n) is 0.940. The molecule has 1 unspecified atom stereocenters. The minimum absolute atomic E-state index is 0.174. The lowest BCUT2D eigenvalue weighted by atomic mass is 10.0. The Labute approximate surface area is 88.0 Å². The first kappa shape index (κ1) is 11.0. The van der Waals surface area contributed by atoms with Gasteiger partial charge in [0.15, 0.2) is 0 Å². The molecule has 4 nitrogen and oxygen atoms in total. The van der Waals surface area contributed by atoms with Crippen LogP contribution in [-0.4, -0.2) is 27.5 Å². The van der Waals surface area contributed by atoms with E-state index in [4.69, 9.17) is 11.6 Å². The Hall–Kier alpha value is -1.03. The van der Waals surface area contributed by atoms with Gasteiger partial charge in [-0.15, -0.1) is 11.6 Å². The molecule has 1 atom stereocenters. The van der Waals surface area contributed by atoms with Crippen molar-refractivity contribution >= 4 is 17.5 Å². The Morgan fingerprint density at radius 2 is 2.50 bits per heavy atom. The van der Waals surface area contributed by atoms with E-state index in [1.165, 1.54) is 0 Å². The number of carbonyl (C=O) groups is 1. The van der Waals surface area contributed by atoms with Gasteiger partial charge in [0, 0.05) is 12.1 Å².